The quantitative estimate of drug-likeness (QED) is 0.547. The molecule has 0 heterocycles. The van der Waals surface area contributed by atoms with Crippen molar-refractivity contribution in [3.63, 3.8) is 0 Å². The maximum absolute atomic E-state index is 11.5. The molecule has 0 N–H and O–H groups in total. The van der Waals surface area contributed by atoms with Gasteiger partial charge in [0.15, 0.2) is 0 Å². The first-order valence-corrected chi connectivity index (χ1v) is 1.94. The van der Waals surface area contributed by atoms with Gasteiger partial charge in [-0.25, -0.2) is 4.79 Å². The van der Waals surface area contributed by atoms with Crippen LogP contribution in [0.2, 0.25) is 0 Å². The van der Waals surface area contributed by atoms with Crippen LogP contribution < -0.4 is 0 Å². The van der Waals surface area contributed by atoms with Gasteiger partial charge >= 0.3 is 12.0 Å². The Morgan fingerprint density at radius 1 is 1.33 bits per heavy atom. The first-order valence-electron chi connectivity index (χ1n) is 1.63. The fourth-order valence-electron chi connectivity index (χ4n) is 0.111. The topological polar surface area (TPSA) is 26.3 Å². The lowest BCUT2D eigenvalue weighted by Gasteiger charge is -1.86. The van der Waals surface area contributed by atoms with E-state index in [9.17, 15) is 18.0 Å². The summed E-state index contributed by atoms with van der Waals surface area (Å²) >= 11 is 4.23. The van der Waals surface area contributed by atoms with Gasteiger partial charge in [-0.1, -0.05) is 0 Å². The highest BCUT2D eigenvalue weighted by Gasteiger charge is 2.16. The number of carbonyl (C=O) groups is 1. The van der Waals surface area contributed by atoms with E-state index in [-0.39, 0.29) is 0 Å². The molecule has 0 aromatic carbocycles. The first kappa shape index (κ1) is 8.29. The lowest BCUT2D eigenvalue weighted by atomic mass is 10.6. The Morgan fingerprint density at radius 3 is 1.89 bits per heavy atom. The average Bonchev–Trinajstić information content (AvgIpc) is 1.84. The minimum absolute atomic E-state index is 1.89. The van der Waals surface area contributed by atoms with Crippen molar-refractivity contribution in [2.24, 2.45) is 0 Å². The second-order valence-electron chi connectivity index (χ2n) is 0.939. The molecule has 0 rings (SSSR count). The van der Waals surface area contributed by atoms with E-state index in [4.69, 9.17) is 0 Å². The van der Waals surface area contributed by atoms with Gasteiger partial charge in [0.05, 0.1) is 0 Å². The Morgan fingerprint density at radius 2 is 1.78 bits per heavy atom. The fourth-order valence-corrected chi connectivity index (χ4v) is 0.179. The van der Waals surface area contributed by atoms with E-state index in [2.05, 4.69) is 16.2 Å². The Balaban J connectivity index is 4.21. The van der Waals surface area contributed by atoms with Crippen molar-refractivity contribution in [2.45, 2.75) is 0 Å². The molecule has 0 amide bonds. The molecule has 0 aliphatic rings. The summed E-state index contributed by atoms with van der Waals surface area (Å²) in [5, 5.41) is 0. The summed E-state index contributed by atoms with van der Waals surface area (Å²) in [4.78, 5) is 9.69. The standard InChI is InChI=1S/C3ClF3O2/c4-9-3(8)1(5)2(6)7. The van der Waals surface area contributed by atoms with Gasteiger partial charge in [-0.15, -0.1) is 0 Å². The van der Waals surface area contributed by atoms with Gasteiger partial charge in [-0.3, -0.25) is 0 Å². The summed E-state index contributed by atoms with van der Waals surface area (Å²) in [5.41, 5.74) is 0. The third-order valence-electron chi connectivity index (χ3n) is 0.415. The molecule has 0 saturated carbocycles. The molecule has 0 fully saturated rings. The minimum Gasteiger partial charge on any atom is -0.341 e. The van der Waals surface area contributed by atoms with Gasteiger partial charge in [0.25, 0.3) is 5.83 Å². The van der Waals surface area contributed by atoms with E-state index in [1.807, 2.05) is 0 Å². The molecular formula is C3ClF3O2. The van der Waals surface area contributed by atoms with Crippen molar-refractivity contribution in [3.05, 3.63) is 11.9 Å². The van der Waals surface area contributed by atoms with Gasteiger partial charge < -0.3 is 4.29 Å². The second-order valence-corrected chi connectivity index (χ2v) is 1.09. The SMILES string of the molecule is O=C(OCl)C(F)=C(F)F. The van der Waals surface area contributed by atoms with Crippen LogP contribution in [0.15, 0.2) is 11.9 Å². The molecule has 0 aromatic heterocycles. The van der Waals surface area contributed by atoms with Crippen LogP contribution >= 0.6 is 11.9 Å². The summed E-state index contributed by atoms with van der Waals surface area (Å²) < 4.78 is 36.6. The second kappa shape index (κ2) is 3.34. The van der Waals surface area contributed by atoms with E-state index in [1.165, 1.54) is 0 Å². The Hall–Kier alpha value is -0.710. The normalized spacial score (nSPS) is 8.44. The maximum Gasteiger partial charge on any atom is 0.390 e. The van der Waals surface area contributed by atoms with E-state index >= 15 is 0 Å². The van der Waals surface area contributed by atoms with Crippen LogP contribution in [0.5, 0.6) is 0 Å². The zero-order chi connectivity index (χ0) is 7.44. The number of rotatable bonds is 1. The molecule has 0 unspecified atom stereocenters. The molecule has 52 valence electrons. The molecule has 0 aromatic rings. The molecule has 0 aliphatic carbocycles. The molecule has 0 bridgehead atoms. The van der Waals surface area contributed by atoms with Crippen LogP contribution in [0.25, 0.3) is 0 Å². The minimum atomic E-state index is -2.75. The fraction of sp³-hybridized carbons (Fsp3) is 0. The third-order valence-corrected chi connectivity index (χ3v) is 0.555. The molecule has 9 heavy (non-hydrogen) atoms. The van der Waals surface area contributed by atoms with Crippen LogP contribution in [0.4, 0.5) is 13.2 Å². The largest absolute Gasteiger partial charge is 0.390 e. The predicted molar refractivity (Wildman–Crippen MR) is 22.3 cm³/mol. The molecule has 0 radical (unpaired) electrons. The Kier molecular flexibility index (Phi) is 3.08. The van der Waals surface area contributed by atoms with E-state index in [0.29, 0.717) is 0 Å². The monoisotopic (exact) mass is 160 g/mol. The van der Waals surface area contributed by atoms with Gasteiger partial charge in [0.1, 0.15) is 11.9 Å². The van der Waals surface area contributed by atoms with Crippen LogP contribution in [-0.4, -0.2) is 5.97 Å². The smallest absolute Gasteiger partial charge is 0.341 e. The maximum atomic E-state index is 11.5. The van der Waals surface area contributed by atoms with Crippen LogP contribution in [0, 0.1) is 0 Å². The highest BCUT2D eigenvalue weighted by molar-refractivity contribution is 6.15. The molecule has 0 saturated heterocycles. The predicted octanol–water partition coefficient (Wildman–Crippen LogP) is 1.76. The van der Waals surface area contributed by atoms with Crippen LogP contribution in [0.3, 0.4) is 0 Å². The summed E-state index contributed by atoms with van der Waals surface area (Å²) in [7, 11) is 0. The summed E-state index contributed by atoms with van der Waals surface area (Å²) in [5.74, 6) is -4.17. The van der Waals surface area contributed by atoms with Gasteiger partial charge in [-0.05, 0) is 0 Å². The third kappa shape index (κ3) is 2.36. The van der Waals surface area contributed by atoms with Gasteiger partial charge in [0, 0.05) is 0 Å². The summed E-state index contributed by atoms with van der Waals surface area (Å²) in [6, 6.07) is 0. The van der Waals surface area contributed by atoms with Crippen LogP contribution in [-0.2, 0) is 9.08 Å². The van der Waals surface area contributed by atoms with Crippen LogP contribution in [0.1, 0.15) is 0 Å². The highest BCUT2D eigenvalue weighted by atomic mass is 35.5. The van der Waals surface area contributed by atoms with Crippen molar-refractivity contribution in [1.82, 2.24) is 0 Å². The Labute approximate surface area is 53.0 Å². The number of carbonyl (C=O) groups excluding carboxylic acids is 1. The van der Waals surface area contributed by atoms with Crippen molar-refractivity contribution >= 4 is 17.8 Å². The zero-order valence-electron chi connectivity index (χ0n) is 3.83. The number of halogens is 4. The molecule has 0 spiro atoms. The molecule has 6 heteroatoms. The van der Waals surface area contributed by atoms with Crippen molar-refractivity contribution < 1.29 is 22.3 Å². The van der Waals surface area contributed by atoms with E-state index in [1.54, 1.807) is 0 Å². The lowest BCUT2D eigenvalue weighted by molar-refractivity contribution is -0.131. The Bertz CT molecular complexity index is 151. The molecule has 2 nitrogen and oxygen atoms in total. The molecule has 0 atom stereocenters. The lowest BCUT2D eigenvalue weighted by Crippen LogP contribution is -1.97. The molecule has 0 aliphatic heterocycles. The number of hydrogen-bond donors (Lipinski definition) is 0. The van der Waals surface area contributed by atoms with E-state index < -0.39 is 17.9 Å². The van der Waals surface area contributed by atoms with Crippen molar-refractivity contribution in [1.29, 1.82) is 0 Å². The number of hydrogen-bond acceptors (Lipinski definition) is 2. The van der Waals surface area contributed by atoms with Crippen molar-refractivity contribution in [2.75, 3.05) is 0 Å². The summed E-state index contributed by atoms with van der Waals surface area (Å²) in [6.07, 6.45) is -2.75. The van der Waals surface area contributed by atoms with Gasteiger partial charge in [0.2, 0.25) is 0 Å². The summed E-state index contributed by atoms with van der Waals surface area (Å²) in [6.45, 7) is 0. The van der Waals surface area contributed by atoms with Gasteiger partial charge in [-0.2, -0.15) is 13.2 Å². The molecular weight excluding hydrogens is 160 g/mol. The zero-order valence-corrected chi connectivity index (χ0v) is 4.58. The van der Waals surface area contributed by atoms with E-state index in [0.717, 1.165) is 0 Å². The first-order chi connectivity index (χ1) is 4.09. The highest BCUT2D eigenvalue weighted by Crippen LogP contribution is 2.10. The van der Waals surface area contributed by atoms with Crippen molar-refractivity contribution in [3.8, 4) is 0 Å². The average molecular weight is 160 g/mol.